The summed E-state index contributed by atoms with van der Waals surface area (Å²) in [6, 6.07) is 0. The lowest BCUT2D eigenvalue weighted by atomic mass is 10.3. The van der Waals surface area contributed by atoms with E-state index in [1.54, 1.807) is 0 Å². The van der Waals surface area contributed by atoms with Crippen molar-refractivity contribution < 1.29 is 0 Å². The van der Waals surface area contributed by atoms with Gasteiger partial charge in [0.25, 0.3) is 0 Å². The molecule has 1 aromatic rings. The molecule has 0 aromatic carbocycles. The van der Waals surface area contributed by atoms with Gasteiger partial charge in [-0.2, -0.15) is 0 Å². The van der Waals surface area contributed by atoms with E-state index in [4.69, 9.17) is 0 Å². The minimum absolute atomic E-state index is 0.825. The molecule has 0 saturated heterocycles. The van der Waals surface area contributed by atoms with E-state index in [1.807, 2.05) is 18.5 Å². The van der Waals surface area contributed by atoms with E-state index >= 15 is 0 Å². The predicted molar refractivity (Wildman–Crippen MR) is 58.3 cm³/mol. The van der Waals surface area contributed by atoms with Gasteiger partial charge in [0.05, 0.1) is 0 Å². The van der Waals surface area contributed by atoms with Crippen molar-refractivity contribution in [3.05, 3.63) is 25.0 Å². The van der Waals surface area contributed by atoms with Gasteiger partial charge in [0, 0.05) is 25.5 Å². The summed E-state index contributed by atoms with van der Waals surface area (Å²) in [4.78, 5) is 4.26. The van der Waals surface area contributed by atoms with E-state index in [0.717, 1.165) is 25.0 Å². The monoisotopic (exact) mass is 191 g/mol. The van der Waals surface area contributed by atoms with Gasteiger partial charge >= 0.3 is 0 Å². The number of hydrogen-bond donors (Lipinski definition) is 1. The van der Waals surface area contributed by atoms with Crippen molar-refractivity contribution in [1.82, 2.24) is 9.55 Å². The predicted octanol–water partition coefficient (Wildman–Crippen LogP) is 2.28. The molecule has 14 heavy (non-hydrogen) atoms. The second-order valence-electron chi connectivity index (χ2n) is 3.85. The van der Waals surface area contributed by atoms with E-state index in [0.29, 0.717) is 0 Å². The lowest BCUT2D eigenvalue weighted by molar-refractivity contribution is 0.742. The molecule has 1 aliphatic carbocycles. The first-order valence-electron chi connectivity index (χ1n) is 5.26. The van der Waals surface area contributed by atoms with Gasteiger partial charge in [0.2, 0.25) is 5.95 Å². The van der Waals surface area contributed by atoms with Crippen LogP contribution in [0.25, 0.3) is 0 Å². The summed E-state index contributed by atoms with van der Waals surface area (Å²) in [5.74, 6) is 1.94. The van der Waals surface area contributed by atoms with Crippen molar-refractivity contribution in [3.63, 3.8) is 0 Å². The van der Waals surface area contributed by atoms with Gasteiger partial charge in [-0.15, -0.1) is 6.58 Å². The number of imidazole rings is 1. The van der Waals surface area contributed by atoms with Crippen molar-refractivity contribution >= 4 is 5.95 Å². The summed E-state index contributed by atoms with van der Waals surface area (Å²) in [6.45, 7) is 5.58. The van der Waals surface area contributed by atoms with Crippen LogP contribution in [0.5, 0.6) is 0 Å². The summed E-state index contributed by atoms with van der Waals surface area (Å²) in [5.41, 5.74) is 0. The van der Waals surface area contributed by atoms with Crippen LogP contribution < -0.4 is 5.32 Å². The van der Waals surface area contributed by atoms with Crippen LogP contribution in [0.1, 0.15) is 19.3 Å². The number of nitrogens with zero attached hydrogens (tertiary/aromatic N) is 2. The van der Waals surface area contributed by atoms with Crippen LogP contribution in [-0.2, 0) is 6.54 Å². The first-order chi connectivity index (χ1) is 6.90. The summed E-state index contributed by atoms with van der Waals surface area (Å²) in [5, 5.41) is 3.35. The lowest BCUT2D eigenvalue weighted by Crippen LogP contribution is -2.08. The molecule has 0 spiro atoms. The van der Waals surface area contributed by atoms with Crippen LogP contribution >= 0.6 is 0 Å². The van der Waals surface area contributed by atoms with Crippen LogP contribution in [-0.4, -0.2) is 16.1 Å². The molecule has 3 nitrogen and oxygen atoms in total. The second kappa shape index (κ2) is 4.31. The molecule has 0 bridgehead atoms. The Hall–Kier alpha value is -1.25. The molecule has 0 aliphatic heterocycles. The molecule has 2 rings (SSSR count). The highest BCUT2D eigenvalue weighted by Crippen LogP contribution is 2.31. The Morgan fingerprint density at radius 2 is 2.50 bits per heavy atom. The quantitative estimate of drug-likeness (QED) is 0.699. The maximum absolute atomic E-state index is 4.26. The Bertz CT molecular complexity index is 299. The number of rotatable bonds is 6. The van der Waals surface area contributed by atoms with Crippen molar-refractivity contribution in [3.8, 4) is 0 Å². The molecular weight excluding hydrogens is 174 g/mol. The smallest absolute Gasteiger partial charge is 0.203 e. The molecule has 0 unspecified atom stereocenters. The van der Waals surface area contributed by atoms with Crippen LogP contribution in [0, 0.1) is 5.92 Å². The van der Waals surface area contributed by atoms with Gasteiger partial charge in [-0.05, 0) is 12.3 Å². The molecule has 1 fully saturated rings. The third kappa shape index (κ3) is 2.37. The minimum atomic E-state index is 0.825. The Balaban J connectivity index is 1.80. The van der Waals surface area contributed by atoms with Crippen LogP contribution in [0.3, 0.4) is 0 Å². The van der Waals surface area contributed by atoms with Crippen molar-refractivity contribution in [2.75, 3.05) is 11.9 Å². The number of nitrogens with one attached hydrogen (secondary N) is 1. The molecule has 1 heterocycles. The van der Waals surface area contributed by atoms with Gasteiger partial charge in [0.1, 0.15) is 0 Å². The Morgan fingerprint density at radius 1 is 1.64 bits per heavy atom. The van der Waals surface area contributed by atoms with Gasteiger partial charge in [-0.1, -0.05) is 18.9 Å². The van der Waals surface area contributed by atoms with Gasteiger partial charge < -0.3 is 9.88 Å². The zero-order valence-electron chi connectivity index (χ0n) is 8.45. The summed E-state index contributed by atoms with van der Waals surface area (Å²) in [7, 11) is 0. The average molecular weight is 191 g/mol. The van der Waals surface area contributed by atoms with Gasteiger partial charge in [0.15, 0.2) is 0 Å². The molecule has 1 N–H and O–H groups in total. The fourth-order valence-corrected chi connectivity index (χ4v) is 1.56. The molecule has 0 atom stereocenters. The second-order valence-corrected chi connectivity index (χ2v) is 3.85. The standard InChI is InChI=1S/C11H17N3/c1-2-8-14-9-7-13-11(14)12-6-5-10-3-4-10/h2,7,9-10H,1,3-6,8H2,(H,12,13). The van der Waals surface area contributed by atoms with Gasteiger partial charge in [-0.25, -0.2) is 4.98 Å². The normalized spacial score (nSPS) is 15.4. The fourth-order valence-electron chi connectivity index (χ4n) is 1.56. The molecule has 1 aliphatic rings. The first-order valence-corrected chi connectivity index (χ1v) is 5.26. The molecular formula is C11H17N3. The van der Waals surface area contributed by atoms with E-state index in [2.05, 4.69) is 21.4 Å². The maximum atomic E-state index is 4.26. The van der Waals surface area contributed by atoms with Crippen LogP contribution in [0.4, 0.5) is 5.95 Å². The van der Waals surface area contributed by atoms with Gasteiger partial charge in [-0.3, -0.25) is 0 Å². The zero-order chi connectivity index (χ0) is 9.80. The van der Waals surface area contributed by atoms with E-state index in [9.17, 15) is 0 Å². The largest absolute Gasteiger partial charge is 0.356 e. The summed E-state index contributed by atoms with van der Waals surface area (Å²) < 4.78 is 2.07. The van der Waals surface area contributed by atoms with Crippen LogP contribution in [0.2, 0.25) is 0 Å². The zero-order valence-corrected chi connectivity index (χ0v) is 8.45. The highest BCUT2D eigenvalue weighted by molar-refractivity contribution is 5.26. The summed E-state index contributed by atoms with van der Waals surface area (Å²) in [6.07, 6.45) is 9.80. The SMILES string of the molecule is C=CCn1ccnc1NCCC1CC1. The van der Waals surface area contributed by atoms with Crippen molar-refractivity contribution in [2.24, 2.45) is 5.92 Å². The highest BCUT2D eigenvalue weighted by Gasteiger charge is 2.20. The molecule has 1 saturated carbocycles. The lowest BCUT2D eigenvalue weighted by Gasteiger charge is -2.06. The molecule has 0 amide bonds. The highest BCUT2D eigenvalue weighted by atomic mass is 15.2. The van der Waals surface area contributed by atoms with Crippen LogP contribution in [0.15, 0.2) is 25.0 Å². The number of aromatic nitrogens is 2. The van der Waals surface area contributed by atoms with Crippen molar-refractivity contribution in [1.29, 1.82) is 0 Å². The summed E-state index contributed by atoms with van der Waals surface area (Å²) >= 11 is 0. The Morgan fingerprint density at radius 3 is 3.21 bits per heavy atom. The average Bonchev–Trinajstić information content (AvgIpc) is 2.89. The van der Waals surface area contributed by atoms with Crippen molar-refractivity contribution in [2.45, 2.75) is 25.8 Å². The minimum Gasteiger partial charge on any atom is -0.356 e. The third-order valence-corrected chi connectivity index (χ3v) is 2.57. The molecule has 3 heteroatoms. The number of allylic oxidation sites excluding steroid dienone is 1. The first kappa shape index (κ1) is 9.31. The topological polar surface area (TPSA) is 29.9 Å². The third-order valence-electron chi connectivity index (χ3n) is 2.57. The fraction of sp³-hybridized carbons (Fsp3) is 0.545. The molecule has 0 radical (unpaired) electrons. The molecule has 1 aromatic heterocycles. The Labute approximate surface area is 84.8 Å². The maximum Gasteiger partial charge on any atom is 0.203 e. The Kier molecular flexibility index (Phi) is 2.87. The number of anilines is 1. The van der Waals surface area contributed by atoms with E-state index < -0.39 is 0 Å². The van der Waals surface area contributed by atoms with E-state index in [-0.39, 0.29) is 0 Å². The van der Waals surface area contributed by atoms with E-state index in [1.165, 1.54) is 19.3 Å². The number of hydrogen-bond acceptors (Lipinski definition) is 2. The molecule has 76 valence electrons.